The molecule has 1 aromatic carbocycles. The van der Waals surface area contributed by atoms with Gasteiger partial charge in [-0.05, 0) is 36.0 Å². The average Bonchev–Trinajstić information content (AvgIpc) is 2.84. The summed E-state index contributed by atoms with van der Waals surface area (Å²) in [5.41, 5.74) is 9.41. The van der Waals surface area contributed by atoms with Crippen molar-refractivity contribution in [2.24, 2.45) is 11.1 Å². The highest BCUT2D eigenvalue weighted by atomic mass is 16.5. The van der Waals surface area contributed by atoms with Crippen LogP contribution < -0.4 is 5.73 Å². The summed E-state index contributed by atoms with van der Waals surface area (Å²) in [6.07, 6.45) is 3.47. The van der Waals surface area contributed by atoms with Crippen molar-refractivity contribution in [2.75, 3.05) is 20.3 Å². The molecule has 0 spiro atoms. The molecule has 1 aliphatic heterocycles. The Morgan fingerprint density at radius 2 is 2.11 bits per heavy atom. The van der Waals surface area contributed by atoms with Crippen LogP contribution in [0, 0.1) is 5.41 Å². The van der Waals surface area contributed by atoms with Gasteiger partial charge in [0.2, 0.25) is 0 Å². The van der Waals surface area contributed by atoms with Crippen molar-refractivity contribution < 1.29 is 14.3 Å². The lowest BCUT2D eigenvalue weighted by Gasteiger charge is -2.43. The predicted octanol–water partition coefficient (Wildman–Crippen LogP) is 1.36. The Kier molecular flexibility index (Phi) is 3.07. The molecule has 1 aromatic rings. The number of carbonyl (C=O) groups excluding carboxylic acids is 1. The van der Waals surface area contributed by atoms with Crippen LogP contribution in [-0.2, 0) is 27.1 Å². The molecule has 4 heteroatoms. The number of esters is 1. The van der Waals surface area contributed by atoms with Crippen LogP contribution in [0.15, 0.2) is 18.2 Å². The molecule has 2 N–H and O–H groups in total. The first-order valence-corrected chi connectivity index (χ1v) is 6.71. The van der Waals surface area contributed by atoms with E-state index >= 15 is 0 Å². The second-order valence-electron chi connectivity index (χ2n) is 5.50. The zero-order chi connectivity index (χ0) is 13.5. The summed E-state index contributed by atoms with van der Waals surface area (Å²) < 4.78 is 10.1. The molecule has 0 aromatic heterocycles. The molecule has 1 aliphatic carbocycles. The van der Waals surface area contributed by atoms with Crippen LogP contribution >= 0.6 is 0 Å². The highest BCUT2D eigenvalue weighted by Crippen LogP contribution is 2.41. The molecule has 2 aliphatic rings. The van der Waals surface area contributed by atoms with Gasteiger partial charge in [0.05, 0.1) is 26.4 Å². The van der Waals surface area contributed by atoms with Crippen molar-refractivity contribution in [3.05, 3.63) is 34.9 Å². The van der Waals surface area contributed by atoms with Gasteiger partial charge in [-0.1, -0.05) is 18.2 Å². The van der Waals surface area contributed by atoms with E-state index in [0.29, 0.717) is 13.2 Å². The minimum Gasteiger partial charge on any atom is -0.468 e. The van der Waals surface area contributed by atoms with Gasteiger partial charge in [0.15, 0.2) is 0 Å². The van der Waals surface area contributed by atoms with Gasteiger partial charge in [0.25, 0.3) is 0 Å². The molecular formula is C15H19NO3. The Morgan fingerprint density at radius 1 is 1.37 bits per heavy atom. The lowest BCUT2D eigenvalue weighted by atomic mass is 9.75. The van der Waals surface area contributed by atoms with Gasteiger partial charge in [-0.25, -0.2) is 0 Å². The third-order valence-corrected chi connectivity index (χ3v) is 4.39. The van der Waals surface area contributed by atoms with Crippen molar-refractivity contribution in [1.29, 1.82) is 0 Å². The summed E-state index contributed by atoms with van der Waals surface area (Å²) in [6.45, 7) is 0.690. The molecule has 0 amide bonds. The Bertz CT molecular complexity index is 508. The van der Waals surface area contributed by atoms with Crippen LogP contribution in [0.4, 0.5) is 0 Å². The van der Waals surface area contributed by atoms with Gasteiger partial charge < -0.3 is 15.2 Å². The Labute approximate surface area is 112 Å². The zero-order valence-corrected chi connectivity index (χ0v) is 11.1. The van der Waals surface area contributed by atoms with Gasteiger partial charge in [-0.2, -0.15) is 0 Å². The maximum absolute atomic E-state index is 12.0. The number of nitrogens with two attached hydrogens (primary N) is 1. The van der Waals surface area contributed by atoms with Crippen LogP contribution in [0.1, 0.15) is 29.2 Å². The van der Waals surface area contributed by atoms with Crippen molar-refractivity contribution in [2.45, 2.75) is 25.3 Å². The van der Waals surface area contributed by atoms with Gasteiger partial charge in [-0.3, -0.25) is 4.79 Å². The first kappa shape index (κ1) is 12.6. The number of benzene rings is 1. The molecule has 1 saturated heterocycles. The summed E-state index contributed by atoms with van der Waals surface area (Å²) in [5, 5.41) is 0. The highest BCUT2D eigenvalue weighted by Gasteiger charge is 2.52. The Hall–Kier alpha value is -1.39. The van der Waals surface area contributed by atoms with Crippen LogP contribution in [-0.4, -0.2) is 26.3 Å². The van der Waals surface area contributed by atoms with Crippen molar-refractivity contribution in [3.8, 4) is 0 Å². The molecule has 19 heavy (non-hydrogen) atoms. The fourth-order valence-electron chi connectivity index (χ4n) is 3.05. The molecular weight excluding hydrogens is 242 g/mol. The minimum absolute atomic E-state index is 0.272. The van der Waals surface area contributed by atoms with Crippen LogP contribution in [0.3, 0.4) is 0 Å². The number of methoxy groups -OCH3 is 1. The predicted molar refractivity (Wildman–Crippen MR) is 70.7 cm³/mol. The molecule has 1 atom stereocenters. The molecule has 0 radical (unpaired) electrons. The minimum atomic E-state index is -0.707. The standard InChI is InChI=1S/C15H19NO3/c1-18-14(17)15(8-19-9-15)13(16)12-6-5-10-3-2-4-11(10)7-12/h5-7,13H,2-4,8-9,16H2,1H3. The number of rotatable bonds is 3. The number of aryl methyl sites for hydroxylation is 2. The van der Waals surface area contributed by atoms with Crippen LogP contribution in [0.2, 0.25) is 0 Å². The van der Waals surface area contributed by atoms with E-state index in [0.717, 1.165) is 18.4 Å². The van der Waals surface area contributed by atoms with Crippen molar-refractivity contribution in [3.63, 3.8) is 0 Å². The van der Waals surface area contributed by atoms with Crippen molar-refractivity contribution >= 4 is 5.97 Å². The van der Waals surface area contributed by atoms with Gasteiger partial charge in [0.1, 0.15) is 5.41 Å². The fourth-order valence-corrected chi connectivity index (χ4v) is 3.05. The number of fused-ring (bicyclic) bond motifs is 1. The number of carbonyl (C=O) groups is 1. The highest BCUT2D eigenvalue weighted by molar-refractivity contribution is 5.79. The quantitative estimate of drug-likeness (QED) is 0.835. The van der Waals surface area contributed by atoms with Crippen molar-refractivity contribution in [1.82, 2.24) is 0 Å². The van der Waals surface area contributed by atoms with Crippen LogP contribution in [0.25, 0.3) is 0 Å². The molecule has 0 bridgehead atoms. The van der Waals surface area contributed by atoms with E-state index < -0.39 is 5.41 Å². The average molecular weight is 261 g/mol. The smallest absolute Gasteiger partial charge is 0.318 e. The van der Waals surface area contributed by atoms with E-state index in [-0.39, 0.29) is 12.0 Å². The number of hydrogen-bond donors (Lipinski definition) is 1. The summed E-state index contributed by atoms with van der Waals surface area (Å²) in [5.74, 6) is -0.272. The topological polar surface area (TPSA) is 61.5 Å². The van der Waals surface area contributed by atoms with Gasteiger partial charge in [0, 0.05) is 0 Å². The second kappa shape index (κ2) is 4.62. The molecule has 1 fully saturated rings. The summed E-state index contributed by atoms with van der Waals surface area (Å²) in [6, 6.07) is 5.97. The lowest BCUT2D eigenvalue weighted by Crippen LogP contribution is -2.56. The fraction of sp³-hybridized carbons (Fsp3) is 0.533. The maximum Gasteiger partial charge on any atom is 0.318 e. The first-order chi connectivity index (χ1) is 9.17. The lowest BCUT2D eigenvalue weighted by molar-refractivity contribution is -0.188. The zero-order valence-electron chi connectivity index (χ0n) is 11.1. The Morgan fingerprint density at radius 3 is 2.74 bits per heavy atom. The van der Waals surface area contributed by atoms with Crippen LogP contribution in [0.5, 0.6) is 0 Å². The SMILES string of the molecule is COC(=O)C1(C(N)c2ccc3c(c2)CCC3)COC1. The van der Waals surface area contributed by atoms with E-state index in [1.54, 1.807) is 0 Å². The van der Waals surface area contributed by atoms with E-state index in [1.807, 2.05) is 6.07 Å². The molecule has 3 rings (SSSR count). The molecule has 1 heterocycles. The van der Waals surface area contributed by atoms with E-state index in [1.165, 1.54) is 24.7 Å². The normalized spacial score (nSPS) is 21.4. The summed E-state index contributed by atoms with van der Waals surface area (Å²) >= 11 is 0. The van der Waals surface area contributed by atoms with E-state index in [2.05, 4.69) is 12.1 Å². The first-order valence-electron chi connectivity index (χ1n) is 6.71. The summed E-state index contributed by atoms with van der Waals surface area (Å²) in [7, 11) is 1.40. The Balaban J connectivity index is 1.91. The monoisotopic (exact) mass is 261 g/mol. The molecule has 4 nitrogen and oxygen atoms in total. The molecule has 102 valence electrons. The maximum atomic E-state index is 12.0. The van der Waals surface area contributed by atoms with E-state index in [4.69, 9.17) is 15.2 Å². The van der Waals surface area contributed by atoms with Gasteiger partial charge >= 0.3 is 5.97 Å². The largest absolute Gasteiger partial charge is 0.468 e. The second-order valence-corrected chi connectivity index (χ2v) is 5.50. The van der Waals surface area contributed by atoms with E-state index in [9.17, 15) is 4.79 Å². The van der Waals surface area contributed by atoms with Gasteiger partial charge in [-0.15, -0.1) is 0 Å². The third-order valence-electron chi connectivity index (χ3n) is 4.39. The third kappa shape index (κ3) is 1.86. The molecule has 1 unspecified atom stereocenters. The summed E-state index contributed by atoms with van der Waals surface area (Å²) in [4.78, 5) is 12.0. The molecule has 0 saturated carbocycles. The number of ether oxygens (including phenoxy) is 2. The number of hydrogen-bond acceptors (Lipinski definition) is 4.